The van der Waals surface area contributed by atoms with Crippen LogP contribution in [0.15, 0.2) is 24.3 Å². The second-order valence-corrected chi connectivity index (χ2v) is 6.16. The summed E-state index contributed by atoms with van der Waals surface area (Å²) in [6.45, 7) is 3.95. The summed E-state index contributed by atoms with van der Waals surface area (Å²) in [4.78, 5) is 4.25. The van der Waals surface area contributed by atoms with E-state index in [0.717, 1.165) is 18.4 Å². The average Bonchev–Trinajstić information content (AvgIpc) is 2.52. The molecule has 0 amide bonds. The molecule has 1 aliphatic heterocycles. The third-order valence-corrected chi connectivity index (χ3v) is 4.02. The van der Waals surface area contributed by atoms with Gasteiger partial charge in [-0.15, -0.1) is 0 Å². The monoisotopic (exact) mass is 312 g/mol. The molecule has 3 rings (SSSR count). The molecule has 1 aliphatic rings. The van der Waals surface area contributed by atoms with Gasteiger partial charge in [0.2, 0.25) is 5.88 Å². The van der Waals surface area contributed by atoms with Gasteiger partial charge < -0.3 is 9.47 Å². The number of ether oxygens (including phenoxy) is 2. The molecule has 0 N–H and O–H groups in total. The van der Waals surface area contributed by atoms with E-state index in [9.17, 15) is 9.65 Å². The number of pyridine rings is 1. The van der Waals surface area contributed by atoms with E-state index in [0.29, 0.717) is 22.8 Å². The molecule has 5 heteroatoms. The summed E-state index contributed by atoms with van der Waals surface area (Å²) in [7, 11) is 1.49. The predicted octanol–water partition coefficient (Wildman–Crippen LogP) is 3.87. The standard InChI is InChI=1S/C18H17FN2O2/c1-18(2)7-6-14-15(8-11(10-20)21-17(14)23-18)13-5-4-12(22-3)9-16(13)19/h4-5,8-9H,6-7H2,1-3H3. The van der Waals surface area contributed by atoms with Crippen LogP contribution in [0.5, 0.6) is 11.6 Å². The lowest BCUT2D eigenvalue weighted by atomic mass is 9.90. The summed E-state index contributed by atoms with van der Waals surface area (Å²) in [5.41, 5.74) is 1.79. The number of aromatic nitrogens is 1. The van der Waals surface area contributed by atoms with Crippen molar-refractivity contribution >= 4 is 0 Å². The van der Waals surface area contributed by atoms with Crippen LogP contribution in [0.3, 0.4) is 0 Å². The van der Waals surface area contributed by atoms with Gasteiger partial charge in [0.25, 0.3) is 0 Å². The Morgan fingerprint density at radius 1 is 1.30 bits per heavy atom. The molecule has 0 spiro atoms. The van der Waals surface area contributed by atoms with Crippen molar-refractivity contribution in [2.24, 2.45) is 0 Å². The van der Waals surface area contributed by atoms with Crippen molar-refractivity contribution in [1.82, 2.24) is 4.98 Å². The van der Waals surface area contributed by atoms with E-state index in [2.05, 4.69) is 4.98 Å². The second kappa shape index (κ2) is 5.54. The number of benzene rings is 1. The van der Waals surface area contributed by atoms with Crippen LogP contribution < -0.4 is 9.47 Å². The van der Waals surface area contributed by atoms with Crippen LogP contribution in [0.1, 0.15) is 31.5 Å². The highest BCUT2D eigenvalue weighted by molar-refractivity contribution is 5.72. The van der Waals surface area contributed by atoms with E-state index in [1.165, 1.54) is 13.2 Å². The minimum atomic E-state index is -0.397. The number of nitriles is 1. The van der Waals surface area contributed by atoms with E-state index >= 15 is 0 Å². The molecule has 1 aromatic heterocycles. The first-order valence-corrected chi connectivity index (χ1v) is 7.40. The largest absolute Gasteiger partial charge is 0.497 e. The van der Waals surface area contributed by atoms with Crippen LogP contribution in [0, 0.1) is 17.1 Å². The molecule has 0 saturated carbocycles. The molecule has 0 saturated heterocycles. The number of halogens is 1. The Bertz CT molecular complexity index is 809. The van der Waals surface area contributed by atoms with Gasteiger partial charge in [0.05, 0.1) is 7.11 Å². The normalized spacial score (nSPS) is 15.3. The molecule has 0 radical (unpaired) electrons. The third kappa shape index (κ3) is 2.85. The summed E-state index contributed by atoms with van der Waals surface area (Å²) >= 11 is 0. The first-order chi connectivity index (χ1) is 10.9. The van der Waals surface area contributed by atoms with E-state index in [1.54, 1.807) is 18.2 Å². The maximum Gasteiger partial charge on any atom is 0.218 e. The zero-order chi connectivity index (χ0) is 16.6. The Balaban J connectivity index is 2.18. The molecular formula is C18H17FN2O2. The van der Waals surface area contributed by atoms with E-state index in [-0.39, 0.29) is 11.3 Å². The Morgan fingerprint density at radius 2 is 2.09 bits per heavy atom. The summed E-state index contributed by atoms with van der Waals surface area (Å²) < 4.78 is 25.4. The summed E-state index contributed by atoms with van der Waals surface area (Å²) in [5, 5.41) is 9.21. The van der Waals surface area contributed by atoms with Crippen molar-refractivity contribution in [2.75, 3.05) is 7.11 Å². The SMILES string of the molecule is COc1ccc(-c2cc(C#N)nc3c2CCC(C)(C)O3)c(F)c1. The van der Waals surface area contributed by atoms with Gasteiger partial charge in [-0.05, 0) is 50.5 Å². The molecule has 4 nitrogen and oxygen atoms in total. The number of fused-ring (bicyclic) bond motifs is 1. The van der Waals surface area contributed by atoms with Crippen LogP contribution in [0.4, 0.5) is 4.39 Å². The molecule has 0 bridgehead atoms. The van der Waals surface area contributed by atoms with Crippen molar-refractivity contribution in [2.45, 2.75) is 32.3 Å². The predicted molar refractivity (Wildman–Crippen MR) is 83.9 cm³/mol. The van der Waals surface area contributed by atoms with Crippen LogP contribution >= 0.6 is 0 Å². The van der Waals surface area contributed by atoms with Crippen molar-refractivity contribution in [3.63, 3.8) is 0 Å². The van der Waals surface area contributed by atoms with Crippen LogP contribution in [-0.2, 0) is 6.42 Å². The first kappa shape index (κ1) is 15.3. The number of methoxy groups -OCH3 is 1. The molecular weight excluding hydrogens is 295 g/mol. The maximum absolute atomic E-state index is 14.5. The molecule has 0 unspecified atom stereocenters. The van der Waals surface area contributed by atoms with Gasteiger partial charge in [-0.25, -0.2) is 9.37 Å². The van der Waals surface area contributed by atoms with E-state index in [4.69, 9.17) is 9.47 Å². The van der Waals surface area contributed by atoms with Gasteiger partial charge in [-0.1, -0.05) is 0 Å². The fourth-order valence-electron chi connectivity index (χ4n) is 2.75. The highest BCUT2D eigenvalue weighted by Gasteiger charge is 2.30. The first-order valence-electron chi connectivity index (χ1n) is 7.40. The second-order valence-electron chi connectivity index (χ2n) is 6.16. The van der Waals surface area contributed by atoms with Crippen LogP contribution in [0.2, 0.25) is 0 Å². The lowest BCUT2D eigenvalue weighted by Crippen LogP contribution is -2.33. The van der Waals surface area contributed by atoms with Gasteiger partial charge in [0, 0.05) is 17.2 Å². The number of rotatable bonds is 2. The average molecular weight is 312 g/mol. The Kier molecular flexibility index (Phi) is 3.69. The van der Waals surface area contributed by atoms with Gasteiger partial charge in [-0.3, -0.25) is 0 Å². The van der Waals surface area contributed by atoms with Crippen molar-refractivity contribution in [1.29, 1.82) is 5.26 Å². The Morgan fingerprint density at radius 3 is 2.74 bits per heavy atom. The third-order valence-electron chi connectivity index (χ3n) is 4.02. The number of hydrogen-bond donors (Lipinski definition) is 0. The minimum absolute atomic E-state index is 0.215. The zero-order valence-corrected chi connectivity index (χ0v) is 13.3. The molecule has 2 aromatic rings. The van der Waals surface area contributed by atoms with Crippen molar-refractivity contribution < 1.29 is 13.9 Å². The van der Waals surface area contributed by atoms with Crippen molar-refractivity contribution in [3.05, 3.63) is 41.3 Å². The number of nitrogens with zero attached hydrogens (tertiary/aromatic N) is 2. The van der Waals surface area contributed by atoms with Crippen LogP contribution in [0.25, 0.3) is 11.1 Å². The molecule has 0 fully saturated rings. The molecule has 0 atom stereocenters. The molecule has 0 aliphatic carbocycles. The highest BCUT2D eigenvalue weighted by Crippen LogP contribution is 2.39. The quantitative estimate of drug-likeness (QED) is 0.844. The fraction of sp³-hybridized carbons (Fsp3) is 0.333. The van der Waals surface area contributed by atoms with Gasteiger partial charge in [0.1, 0.15) is 28.9 Å². The van der Waals surface area contributed by atoms with E-state index in [1.807, 2.05) is 19.9 Å². The van der Waals surface area contributed by atoms with Gasteiger partial charge in [-0.2, -0.15) is 5.26 Å². The minimum Gasteiger partial charge on any atom is -0.497 e. The van der Waals surface area contributed by atoms with Crippen LogP contribution in [-0.4, -0.2) is 17.7 Å². The smallest absolute Gasteiger partial charge is 0.218 e. The molecule has 2 heterocycles. The molecule has 118 valence electrons. The Hall–Kier alpha value is -2.61. The lowest BCUT2D eigenvalue weighted by molar-refractivity contribution is 0.0785. The van der Waals surface area contributed by atoms with Gasteiger partial charge >= 0.3 is 0 Å². The topological polar surface area (TPSA) is 55.1 Å². The van der Waals surface area contributed by atoms with E-state index < -0.39 is 5.82 Å². The summed E-state index contributed by atoms with van der Waals surface area (Å²) in [5.74, 6) is 0.476. The highest BCUT2D eigenvalue weighted by atomic mass is 19.1. The Labute approximate surface area is 134 Å². The fourth-order valence-corrected chi connectivity index (χ4v) is 2.75. The molecule has 1 aromatic carbocycles. The maximum atomic E-state index is 14.5. The molecule has 23 heavy (non-hydrogen) atoms. The zero-order valence-electron chi connectivity index (χ0n) is 13.3. The lowest BCUT2D eigenvalue weighted by Gasteiger charge is -2.32. The summed E-state index contributed by atoms with van der Waals surface area (Å²) in [6, 6.07) is 8.33. The van der Waals surface area contributed by atoms with Crippen molar-refractivity contribution in [3.8, 4) is 28.8 Å². The number of hydrogen-bond acceptors (Lipinski definition) is 4. The van der Waals surface area contributed by atoms with Gasteiger partial charge in [0.15, 0.2) is 0 Å². The summed E-state index contributed by atoms with van der Waals surface area (Å²) in [6.07, 6.45) is 1.53.